The Labute approximate surface area is 131 Å². The fourth-order valence-corrected chi connectivity index (χ4v) is 2.84. The highest BCUT2D eigenvalue weighted by atomic mass is 35.5. The van der Waals surface area contributed by atoms with Gasteiger partial charge in [-0.15, -0.1) is 12.4 Å². The van der Waals surface area contributed by atoms with Gasteiger partial charge in [0.1, 0.15) is 0 Å². The van der Waals surface area contributed by atoms with Crippen molar-refractivity contribution in [1.82, 2.24) is 4.90 Å². The van der Waals surface area contributed by atoms with Gasteiger partial charge in [-0.25, -0.2) is 0 Å². The van der Waals surface area contributed by atoms with Gasteiger partial charge in [0.25, 0.3) is 11.1 Å². The molecule has 1 saturated heterocycles. The van der Waals surface area contributed by atoms with Crippen molar-refractivity contribution >= 4 is 41.4 Å². The maximum absolute atomic E-state index is 12.0. The van der Waals surface area contributed by atoms with Crippen molar-refractivity contribution in [1.29, 1.82) is 0 Å². The van der Waals surface area contributed by atoms with Crippen LogP contribution >= 0.6 is 24.2 Å². The molecule has 2 aliphatic heterocycles. The molecule has 1 aromatic rings. The summed E-state index contributed by atoms with van der Waals surface area (Å²) in [6, 6.07) is 5.36. The Morgan fingerprint density at radius 1 is 1.29 bits per heavy atom. The summed E-state index contributed by atoms with van der Waals surface area (Å²) in [5.41, 5.74) is 6.17. The molecular weight excluding hydrogens is 316 g/mol. The molecule has 112 valence electrons. The molecule has 0 aliphatic carbocycles. The van der Waals surface area contributed by atoms with Crippen LogP contribution in [0, 0.1) is 0 Å². The van der Waals surface area contributed by atoms with Crippen LogP contribution < -0.4 is 15.2 Å². The second-order valence-electron chi connectivity index (χ2n) is 4.23. The number of nitrogens with two attached hydrogens (primary N) is 1. The van der Waals surface area contributed by atoms with Gasteiger partial charge in [-0.2, -0.15) is 0 Å². The van der Waals surface area contributed by atoms with Gasteiger partial charge in [0, 0.05) is 13.1 Å². The Bertz CT molecular complexity index is 620. The number of halogens is 1. The van der Waals surface area contributed by atoms with Crippen LogP contribution in [0.25, 0.3) is 6.08 Å². The van der Waals surface area contributed by atoms with Gasteiger partial charge >= 0.3 is 0 Å². The lowest BCUT2D eigenvalue weighted by molar-refractivity contribution is -0.122. The number of carbonyl (C=O) groups excluding carboxylic acids is 2. The second-order valence-corrected chi connectivity index (χ2v) is 5.23. The fourth-order valence-electron chi connectivity index (χ4n) is 1.98. The molecule has 1 fully saturated rings. The quantitative estimate of drug-likeness (QED) is 0.852. The first-order chi connectivity index (χ1) is 9.69. The zero-order chi connectivity index (χ0) is 14.1. The van der Waals surface area contributed by atoms with Gasteiger partial charge < -0.3 is 15.2 Å². The molecule has 6 nitrogen and oxygen atoms in total. The van der Waals surface area contributed by atoms with Crippen molar-refractivity contribution in [3.8, 4) is 11.5 Å². The minimum absolute atomic E-state index is 0. The van der Waals surface area contributed by atoms with Crippen LogP contribution in [0.2, 0.25) is 0 Å². The van der Waals surface area contributed by atoms with E-state index in [1.165, 1.54) is 0 Å². The molecule has 0 radical (unpaired) electrons. The Hall–Kier alpha value is -1.70. The summed E-state index contributed by atoms with van der Waals surface area (Å²) in [6.45, 7) is 0.699. The molecular formula is C13H13ClN2O4S. The second kappa shape index (κ2) is 6.38. The van der Waals surface area contributed by atoms with Crippen molar-refractivity contribution in [2.45, 2.75) is 0 Å². The van der Waals surface area contributed by atoms with Crippen molar-refractivity contribution in [3.05, 3.63) is 28.7 Å². The van der Waals surface area contributed by atoms with E-state index in [4.69, 9.17) is 15.2 Å². The Balaban J connectivity index is 0.00000161. The monoisotopic (exact) mass is 328 g/mol. The first kappa shape index (κ1) is 15.7. The van der Waals surface area contributed by atoms with E-state index in [9.17, 15) is 9.59 Å². The third-order valence-corrected chi connectivity index (χ3v) is 3.83. The van der Waals surface area contributed by atoms with Crippen LogP contribution in [0.1, 0.15) is 5.56 Å². The van der Waals surface area contributed by atoms with Crippen molar-refractivity contribution < 1.29 is 19.1 Å². The molecule has 0 bridgehead atoms. The van der Waals surface area contributed by atoms with Crippen LogP contribution in [0.3, 0.4) is 0 Å². The lowest BCUT2D eigenvalue weighted by atomic mass is 10.2. The molecule has 2 aliphatic rings. The highest BCUT2D eigenvalue weighted by Gasteiger charge is 2.34. The normalized spacial score (nSPS) is 18.3. The highest BCUT2D eigenvalue weighted by molar-refractivity contribution is 8.18. The number of rotatable bonds is 3. The largest absolute Gasteiger partial charge is 0.454 e. The Morgan fingerprint density at radius 2 is 2.05 bits per heavy atom. The average molecular weight is 329 g/mol. The lowest BCUT2D eigenvalue weighted by Crippen LogP contribution is -2.33. The number of imide groups is 1. The molecule has 2 amide bonds. The maximum atomic E-state index is 12.0. The van der Waals surface area contributed by atoms with E-state index in [0.29, 0.717) is 16.4 Å². The topological polar surface area (TPSA) is 81.9 Å². The summed E-state index contributed by atoms with van der Waals surface area (Å²) in [5, 5.41) is -0.285. The number of carbonyl (C=O) groups is 2. The molecule has 8 heteroatoms. The molecule has 0 spiro atoms. The summed E-state index contributed by atoms with van der Waals surface area (Å²) in [5.74, 6) is 1.02. The highest BCUT2D eigenvalue weighted by Crippen LogP contribution is 2.36. The lowest BCUT2D eigenvalue weighted by Gasteiger charge is -2.09. The van der Waals surface area contributed by atoms with Crippen molar-refractivity contribution in [2.75, 3.05) is 19.9 Å². The summed E-state index contributed by atoms with van der Waals surface area (Å²) in [6.07, 6.45) is 1.67. The van der Waals surface area contributed by atoms with Crippen LogP contribution in [0.15, 0.2) is 23.1 Å². The number of hydrogen-bond acceptors (Lipinski definition) is 6. The summed E-state index contributed by atoms with van der Waals surface area (Å²) >= 11 is 0.921. The summed E-state index contributed by atoms with van der Waals surface area (Å²) < 4.78 is 10.5. The fraction of sp³-hybridized carbons (Fsp3) is 0.231. The Morgan fingerprint density at radius 3 is 2.81 bits per heavy atom. The number of fused-ring (bicyclic) bond motifs is 1. The average Bonchev–Trinajstić information content (AvgIpc) is 2.99. The Kier molecular flexibility index (Phi) is 4.76. The number of hydrogen-bond donors (Lipinski definition) is 1. The van der Waals surface area contributed by atoms with E-state index in [2.05, 4.69) is 0 Å². The minimum atomic E-state index is -0.303. The smallest absolute Gasteiger partial charge is 0.293 e. The van der Waals surface area contributed by atoms with E-state index >= 15 is 0 Å². The molecule has 1 aromatic carbocycles. The van der Waals surface area contributed by atoms with E-state index in [-0.39, 0.29) is 43.4 Å². The van der Waals surface area contributed by atoms with Crippen LogP contribution in [0.5, 0.6) is 11.5 Å². The minimum Gasteiger partial charge on any atom is -0.454 e. The standard InChI is InChI=1S/C13H12N2O4S.ClH/c14-3-4-15-12(16)11(20-13(15)17)6-8-1-2-9-10(5-8)19-7-18-9;/h1-2,5-6H,3-4,7,14H2;1H/b11-6-;. The van der Waals surface area contributed by atoms with E-state index in [0.717, 1.165) is 22.2 Å². The van der Waals surface area contributed by atoms with E-state index in [1.807, 2.05) is 6.07 Å². The number of ether oxygens (including phenoxy) is 2. The molecule has 3 rings (SSSR count). The molecule has 0 aromatic heterocycles. The van der Waals surface area contributed by atoms with Gasteiger partial charge in [0.15, 0.2) is 11.5 Å². The van der Waals surface area contributed by atoms with Crippen molar-refractivity contribution in [2.24, 2.45) is 5.73 Å². The van der Waals surface area contributed by atoms with Gasteiger partial charge in [-0.1, -0.05) is 6.07 Å². The maximum Gasteiger partial charge on any atom is 0.293 e. The molecule has 2 heterocycles. The number of benzene rings is 1. The van der Waals surface area contributed by atoms with Crippen LogP contribution in [-0.2, 0) is 4.79 Å². The van der Waals surface area contributed by atoms with Crippen LogP contribution in [-0.4, -0.2) is 35.9 Å². The predicted molar refractivity (Wildman–Crippen MR) is 81.5 cm³/mol. The van der Waals surface area contributed by atoms with Gasteiger partial charge in [0.2, 0.25) is 6.79 Å². The molecule has 0 saturated carbocycles. The first-order valence-electron chi connectivity index (χ1n) is 6.04. The zero-order valence-corrected chi connectivity index (χ0v) is 12.5. The molecule has 0 unspecified atom stereocenters. The first-order valence-corrected chi connectivity index (χ1v) is 6.86. The van der Waals surface area contributed by atoms with Gasteiger partial charge in [-0.05, 0) is 35.5 Å². The van der Waals surface area contributed by atoms with E-state index < -0.39 is 0 Å². The van der Waals surface area contributed by atoms with Crippen molar-refractivity contribution in [3.63, 3.8) is 0 Å². The van der Waals surface area contributed by atoms with Gasteiger partial charge in [0.05, 0.1) is 4.91 Å². The number of nitrogens with zero attached hydrogens (tertiary/aromatic N) is 1. The molecule has 2 N–H and O–H groups in total. The predicted octanol–water partition coefficient (Wildman–Crippen LogP) is 1.83. The number of amides is 2. The van der Waals surface area contributed by atoms with E-state index in [1.54, 1.807) is 18.2 Å². The third kappa shape index (κ3) is 2.99. The summed E-state index contributed by atoms with van der Waals surface area (Å²) in [4.78, 5) is 25.3. The molecule has 21 heavy (non-hydrogen) atoms. The SMILES string of the molecule is Cl.NCCN1C(=O)S/C(=C\c2ccc3c(c2)OCO3)C1=O. The van der Waals surface area contributed by atoms with Crippen LogP contribution in [0.4, 0.5) is 4.79 Å². The molecule has 0 atom stereocenters. The summed E-state index contributed by atoms with van der Waals surface area (Å²) in [7, 11) is 0. The number of thioether (sulfide) groups is 1. The van der Waals surface area contributed by atoms with Gasteiger partial charge in [-0.3, -0.25) is 14.5 Å². The third-order valence-electron chi connectivity index (χ3n) is 2.92. The zero-order valence-electron chi connectivity index (χ0n) is 10.9.